The molecule has 1 aromatic carbocycles. The zero-order valence-electron chi connectivity index (χ0n) is 11.0. The molecule has 4 heteroatoms. The molecule has 0 radical (unpaired) electrons. The van der Waals surface area contributed by atoms with Crippen molar-refractivity contribution in [2.24, 2.45) is 5.73 Å². The van der Waals surface area contributed by atoms with E-state index in [1.165, 1.54) is 5.56 Å². The van der Waals surface area contributed by atoms with Crippen LogP contribution in [0.15, 0.2) is 18.2 Å². The summed E-state index contributed by atoms with van der Waals surface area (Å²) >= 11 is 0. The van der Waals surface area contributed by atoms with Crippen LogP contribution in [0.3, 0.4) is 0 Å². The highest BCUT2D eigenvalue weighted by Gasteiger charge is 2.23. The Morgan fingerprint density at radius 3 is 2.94 bits per heavy atom. The van der Waals surface area contributed by atoms with Crippen molar-refractivity contribution in [3.63, 3.8) is 0 Å². The summed E-state index contributed by atoms with van der Waals surface area (Å²) in [6, 6.07) is 6.06. The molecule has 0 aliphatic carbocycles. The molecule has 4 nitrogen and oxygen atoms in total. The Kier molecular flexibility index (Phi) is 4.58. The van der Waals surface area contributed by atoms with Gasteiger partial charge >= 0.3 is 0 Å². The van der Waals surface area contributed by atoms with E-state index in [0.717, 1.165) is 17.7 Å². The molecule has 2 atom stereocenters. The second-order valence-corrected chi connectivity index (χ2v) is 4.67. The van der Waals surface area contributed by atoms with Crippen molar-refractivity contribution in [2.45, 2.75) is 25.5 Å². The van der Waals surface area contributed by atoms with Crippen LogP contribution in [-0.2, 0) is 15.9 Å². The van der Waals surface area contributed by atoms with Crippen LogP contribution in [0.1, 0.15) is 11.1 Å². The highest BCUT2D eigenvalue weighted by atomic mass is 16.6. The lowest BCUT2D eigenvalue weighted by Crippen LogP contribution is -2.44. The minimum absolute atomic E-state index is 0.0241. The van der Waals surface area contributed by atoms with Crippen molar-refractivity contribution < 1.29 is 14.2 Å². The summed E-state index contributed by atoms with van der Waals surface area (Å²) in [7, 11) is 1.68. The van der Waals surface area contributed by atoms with E-state index < -0.39 is 0 Å². The summed E-state index contributed by atoms with van der Waals surface area (Å²) in [5, 5.41) is 0. The summed E-state index contributed by atoms with van der Waals surface area (Å²) in [4.78, 5) is 0. The number of methoxy groups -OCH3 is 1. The van der Waals surface area contributed by atoms with Crippen LogP contribution in [0, 0.1) is 6.92 Å². The SMILES string of the molecule is COc1ccc(C)cc1CC(N)C1COCCO1. The van der Waals surface area contributed by atoms with Crippen molar-refractivity contribution in [2.75, 3.05) is 26.9 Å². The summed E-state index contributed by atoms with van der Waals surface area (Å²) in [5.41, 5.74) is 8.53. The van der Waals surface area contributed by atoms with Gasteiger partial charge in [-0.1, -0.05) is 17.7 Å². The van der Waals surface area contributed by atoms with Crippen LogP contribution in [0.2, 0.25) is 0 Å². The van der Waals surface area contributed by atoms with Crippen LogP contribution in [-0.4, -0.2) is 39.1 Å². The standard InChI is InChI=1S/C14H21NO3/c1-10-3-4-13(16-2)11(7-10)8-12(15)14-9-17-5-6-18-14/h3-4,7,12,14H,5-6,8-9,15H2,1-2H3. The van der Waals surface area contributed by atoms with E-state index in [0.29, 0.717) is 19.8 Å². The third-order valence-electron chi connectivity index (χ3n) is 3.21. The maximum Gasteiger partial charge on any atom is 0.122 e. The molecule has 1 heterocycles. The van der Waals surface area contributed by atoms with Gasteiger partial charge in [-0.2, -0.15) is 0 Å². The maximum absolute atomic E-state index is 6.19. The molecule has 0 amide bonds. The Labute approximate surface area is 108 Å². The molecule has 2 N–H and O–H groups in total. The van der Waals surface area contributed by atoms with Gasteiger partial charge in [0.2, 0.25) is 0 Å². The van der Waals surface area contributed by atoms with Crippen molar-refractivity contribution in [1.29, 1.82) is 0 Å². The number of hydrogen-bond donors (Lipinski definition) is 1. The van der Waals surface area contributed by atoms with Gasteiger partial charge in [0.25, 0.3) is 0 Å². The fourth-order valence-electron chi connectivity index (χ4n) is 2.21. The van der Waals surface area contributed by atoms with Crippen LogP contribution in [0.25, 0.3) is 0 Å². The van der Waals surface area contributed by atoms with Crippen molar-refractivity contribution in [1.82, 2.24) is 0 Å². The third kappa shape index (κ3) is 3.22. The molecule has 0 aromatic heterocycles. The van der Waals surface area contributed by atoms with Crippen molar-refractivity contribution >= 4 is 0 Å². The minimum Gasteiger partial charge on any atom is -0.496 e. The quantitative estimate of drug-likeness (QED) is 0.876. The molecule has 0 spiro atoms. The van der Waals surface area contributed by atoms with Gasteiger partial charge in [-0.25, -0.2) is 0 Å². The Morgan fingerprint density at radius 2 is 2.28 bits per heavy atom. The lowest BCUT2D eigenvalue weighted by molar-refractivity contribution is -0.0967. The van der Waals surface area contributed by atoms with Crippen LogP contribution >= 0.6 is 0 Å². The van der Waals surface area contributed by atoms with Gasteiger partial charge in [0.05, 0.1) is 33.0 Å². The first-order valence-corrected chi connectivity index (χ1v) is 6.29. The monoisotopic (exact) mass is 251 g/mol. The average molecular weight is 251 g/mol. The number of ether oxygens (including phenoxy) is 3. The fraction of sp³-hybridized carbons (Fsp3) is 0.571. The average Bonchev–Trinajstić information content (AvgIpc) is 2.40. The molecule has 0 saturated carbocycles. The summed E-state index contributed by atoms with van der Waals surface area (Å²) in [6.45, 7) is 3.93. The number of hydrogen-bond acceptors (Lipinski definition) is 4. The Morgan fingerprint density at radius 1 is 1.44 bits per heavy atom. The highest BCUT2D eigenvalue weighted by molar-refractivity contribution is 5.37. The first kappa shape index (κ1) is 13.3. The first-order valence-electron chi connectivity index (χ1n) is 6.29. The van der Waals surface area contributed by atoms with Gasteiger partial charge in [0, 0.05) is 6.04 Å². The summed E-state index contributed by atoms with van der Waals surface area (Å²) in [6.07, 6.45) is 0.711. The molecular formula is C14H21NO3. The molecule has 1 fully saturated rings. The van der Waals surface area contributed by atoms with E-state index in [1.807, 2.05) is 12.1 Å². The van der Waals surface area contributed by atoms with Gasteiger partial charge in [0.15, 0.2) is 0 Å². The van der Waals surface area contributed by atoms with Gasteiger partial charge in [-0.15, -0.1) is 0 Å². The van der Waals surface area contributed by atoms with Gasteiger partial charge in [-0.3, -0.25) is 0 Å². The molecule has 1 aliphatic heterocycles. The van der Waals surface area contributed by atoms with Crippen molar-refractivity contribution in [3.05, 3.63) is 29.3 Å². The second kappa shape index (κ2) is 6.18. The zero-order valence-corrected chi connectivity index (χ0v) is 11.0. The summed E-state index contributed by atoms with van der Waals surface area (Å²) in [5.74, 6) is 0.882. The molecule has 0 bridgehead atoms. The molecule has 2 unspecified atom stereocenters. The van der Waals surface area contributed by atoms with Gasteiger partial charge in [-0.05, 0) is 25.0 Å². The van der Waals surface area contributed by atoms with Crippen molar-refractivity contribution in [3.8, 4) is 5.75 Å². The molecule has 18 heavy (non-hydrogen) atoms. The van der Waals surface area contributed by atoms with E-state index in [1.54, 1.807) is 7.11 Å². The molecule has 1 aromatic rings. The van der Waals surface area contributed by atoms with Crippen LogP contribution in [0.5, 0.6) is 5.75 Å². The minimum atomic E-state index is -0.0685. The lowest BCUT2D eigenvalue weighted by atomic mass is 9.99. The van der Waals surface area contributed by atoms with Crippen LogP contribution < -0.4 is 10.5 Å². The number of nitrogens with two attached hydrogens (primary N) is 1. The number of benzene rings is 1. The normalized spacial score (nSPS) is 21.6. The molecular weight excluding hydrogens is 230 g/mol. The molecule has 100 valence electrons. The van der Waals surface area contributed by atoms with E-state index in [4.69, 9.17) is 19.9 Å². The molecule has 1 aliphatic rings. The second-order valence-electron chi connectivity index (χ2n) is 4.67. The fourth-order valence-corrected chi connectivity index (χ4v) is 2.21. The first-order chi connectivity index (χ1) is 8.70. The highest BCUT2D eigenvalue weighted by Crippen LogP contribution is 2.22. The van der Waals surface area contributed by atoms with E-state index in [2.05, 4.69) is 13.0 Å². The van der Waals surface area contributed by atoms with E-state index in [9.17, 15) is 0 Å². The summed E-state index contributed by atoms with van der Waals surface area (Å²) < 4.78 is 16.4. The topological polar surface area (TPSA) is 53.7 Å². The zero-order chi connectivity index (χ0) is 13.0. The lowest BCUT2D eigenvalue weighted by Gasteiger charge is -2.28. The predicted molar refractivity (Wildman–Crippen MR) is 70.0 cm³/mol. The maximum atomic E-state index is 6.19. The van der Waals surface area contributed by atoms with Gasteiger partial charge < -0.3 is 19.9 Å². The predicted octanol–water partition coefficient (Wildman–Crippen LogP) is 1.29. The van der Waals surface area contributed by atoms with E-state index >= 15 is 0 Å². The molecule has 2 rings (SSSR count). The Bertz CT molecular complexity index is 389. The van der Waals surface area contributed by atoms with Crippen LogP contribution in [0.4, 0.5) is 0 Å². The van der Waals surface area contributed by atoms with Gasteiger partial charge in [0.1, 0.15) is 5.75 Å². The third-order valence-corrected chi connectivity index (χ3v) is 3.21. The largest absolute Gasteiger partial charge is 0.496 e. The smallest absolute Gasteiger partial charge is 0.122 e. The molecule has 1 saturated heterocycles. The Balaban J connectivity index is 2.05. The number of rotatable bonds is 4. The van der Waals surface area contributed by atoms with E-state index in [-0.39, 0.29) is 12.1 Å². The number of aryl methyl sites for hydroxylation is 1. The Hall–Kier alpha value is -1.10.